The number of nitrogens with two attached hydrogens (primary N) is 1. The monoisotopic (exact) mass is 366 g/mol. The predicted octanol–water partition coefficient (Wildman–Crippen LogP) is 4.97. The molecule has 0 saturated heterocycles. The van der Waals surface area contributed by atoms with Crippen LogP contribution in [0.25, 0.3) is 22.1 Å². The number of furan rings is 1. The van der Waals surface area contributed by atoms with Gasteiger partial charge in [0.05, 0.1) is 13.2 Å². The molecule has 2 heterocycles. The van der Waals surface area contributed by atoms with E-state index in [1.165, 1.54) is 0 Å². The van der Waals surface area contributed by atoms with Crippen molar-refractivity contribution in [2.45, 2.75) is 6.04 Å². The van der Waals surface area contributed by atoms with E-state index in [4.69, 9.17) is 14.9 Å². The van der Waals surface area contributed by atoms with Gasteiger partial charge in [0.1, 0.15) is 17.1 Å². The number of hydrogen-bond donors (Lipinski definition) is 1. The van der Waals surface area contributed by atoms with Gasteiger partial charge in [0.15, 0.2) is 0 Å². The third-order valence-electron chi connectivity index (χ3n) is 4.33. The first-order valence-electron chi connectivity index (χ1n) is 8.08. The van der Waals surface area contributed by atoms with Crippen molar-refractivity contribution in [1.82, 2.24) is 4.98 Å². The summed E-state index contributed by atoms with van der Waals surface area (Å²) in [6.07, 6.45) is 3.55. The fourth-order valence-corrected chi connectivity index (χ4v) is 3.01. The highest BCUT2D eigenvalue weighted by Gasteiger charge is 2.19. The number of para-hydroxylation sites is 1. The van der Waals surface area contributed by atoms with Gasteiger partial charge in [0.2, 0.25) is 0 Å². The first-order chi connectivity index (χ1) is 12.3. The van der Waals surface area contributed by atoms with Crippen molar-refractivity contribution < 1.29 is 9.15 Å². The lowest BCUT2D eigenvalue weighted by atomic mass is 9.98. The Morgan fingerprint density at radius 2 is 1.73 bits per heavy atom. The van der Waals surface area contributed by atoms with Gasteiger partial charge in [-0.2, -0.15) is 0 Å². The molecule has 5 heteroatoms. The molecule has 0 spiro atoms. The number of fused-ring (bicyclic) bond motifs is 1. The Morgan fingerprint density at radius 1 is 0.962 bits per heavy atom. The highest BCUT2D eigenvalue weighted by Crippen LogP contribution is 2.34. The summed E-state index contributed by atoms with van der Waals surface area (Å²) in [4.78, 5) is 4.07. The Hall–Kier alpha value is -2.82. The van der Waals surface area contributed by atoms with Gasteiger partial charge in [0, 0.05) is 23.3 Å². The van der Waals surface area contributed by atoms with Gasteiger partial charge in [0.25, 0.3) is 0 Å². The summed E-state index contributed by atoms with van der Waals surface area (Å²) in [6, 6.07) is 19.4. The highest BCUT2D eigenvalue weighted by atomic mass is 35.5. The summed E-state index contributed by atoms with van der Waals surface area (Å²) in [5, 5.41) is 1.04. The predicted molar refractivity (Wildman–Crippen MR) is 106 cm³/mol. The molecule has 26 heavy (non-hydrogen) atoms. The van der Waals surface area contributed by atoms with Crippen LogP contribution in [0.5, 0.6) is 5.75 Å². The maximum atomic E-state index is 6.52. The minimum absolute atomic E-state index is 0. The maximum absolute atomic E-state index is 6.52. The van der Waals surface area contributed by atoms with Crippen molar-refractivity contribution in [2.24, 2.45) is 5.73 Å². The van der Waals surface area contributed by atoms with Gasteiger partial charge >= 0.3 is 0 Å². The third-order valence-corrected chi connectivity index (χ3v) is 4.33. The van der Waals surface area contributed by atoms with Gasteiger partial charge in [-0.3, -0.25) is 4.98 Å². The fourth-order valence-electron chi connectivity index (χ4n) is 3.01. The molecule has 0 bridgehead atoms. The van der Waals surface area contributed by atoms with Crippen LogP contribution >= 0.6 is 12.4 Å². The van der Waals surface area contributed by atoms with Crippen molar-refractivity contribution >= 4 is 23.4 Å². The number of pyridine rings is 1. The van der Waals surface area contributed by atoms with Crippen molar-refractivity contribution in [2.75, 3.05) is 7.11 Å². The molecular formula is C21H19ClN2O2. The second kappa shape index (κ2) is 7.60. The second-order valence-electron chi connectivity index (χ2n) is 5.86. The Balaban J connectivity index is 0.00000196. The van der Waals surface area contributed by atoms with E-state index in [9.17, 15) is 0 Å². The molecular weight excluding hydrogens is 348 g/mol. The molecule has 4 aromatic rings. The zero-order valence-corrected chi connectivity index (χ0v) is 15.1. The van der Waals surface area contributed by atoms with E-state index in [-0.39, 0.29) is 12.4 Å². The molecule has 0 aliphatic carbocycles. The molecule has 1 unspecified atom stereocenters. The van der Waals surface area contributed by atoms with E-state index < -0.39 is 6.04 Å². The van der Waals surface area contributed by atoms with Gasteiger partial charge in [-0.25, -0.2) is 0 Å². The number of ether oxygens (including phenoxy) is 1. The van der Waals surface area contributed by atoms with Crippen LogP contribution < -0.4 is 10.5 Å². The van der Waals surface area contributed by atoms with E-state index in [1.54, 1.807) is 19.5 Å². The lowest BCUT2D eigenvalue weighted by molar-refractivity contribution is 0.404. The fraction of sp³-hybridized carbons (Fsp3) is 0.0952. The Bertz CT molecular complexity index is 982. The molecule has 132 valence electrons. The molecule has 4 rings (SSSR count). The quantitative estimate of drug-likeness (QED) is 0.553. The van der Waals surface area contributed by atoms with Crippen LogP contribution in [0.4, 0.5) is 0 Å². The van der Waals surface area contributed by atoms with Crippen LogP contribution in [0.2, 0.25) is 0 Å². The molecule has 2 aromatic heterocycles. The normalized spacial score (nSPS) is 11.8. The summed E-state index contributed by atoms with van der Waals surface area (Å²) in [7, 11) is 1.65. The molecule has 0 aliphatic heterocycles. The largest absolute Gasteiger partial charge is 0.496 e. The number of rotatable bonds is 4. The van der Waals surface area contributed by atoms with Crippen LogP contribution in [-0.2, 0) is 0 Å². The van der Waals surface area contributed by atoms with Crippen molar-refractivity contribution in [3.63, 3.8) is 0 Å². The van der Waals surface area contributed by atoms with E-state index >= 15 is 0 Å². The standard InChI is InChI=1S/C21H18N2O2.ClH/c1-24-19-7-6-15(14-8-10-23-11-9-14)12-17(19)21(22)20-13-16-4-2-3-5-18(16)25-20;/h2-13,21H,22H2,1H3;1H. The zero-order chi connectivity index (χ0) is 17.2. The smallest absolute Gasteiger partial charge is 0.134 e. The van der Waals surface area contributed by atoms with Crippen molar-refractivity contribution in [1.29, 1.82) is 0 Å². The number of nitrogens with zero attached hydrogens (tertiary/aromatic N) is 1. The van der Waals surface area contributed by atoms with Gasteiger partial charge in [-0.15, -0.1) is 12.4 Å². The number of aromatic nitrogens is 1. The van der Waals surface area contributed by atoms with Crippen LogP contribution in [0.15, 0.2) is 77.5 Å². The lowest BCUT2D eigenvalue weighted by Crippen LogP contribution is -2.12. The molecule has 1 atom stereocenters. The summed E-state index contributed by atoms with van der Waals surface area (Å²) >= 11 is 0. The Labute approximate surface area is 158 Å². The number of halogens is 1. The summed E-state index contributed by atoms with van der Waals surface area (Å²) in [5.74, 6) is 1.46. The summed E-state index contributed by atoms with van der Waals surface area (Å²) in [5.41, 5.74) is 10.4. The molecule has 0 aliphatic rings. The summed E-state index contributed by atoms with van der Waals surface area (Å²) in [6.45, 7) is 0. The minimum atomic E-state index is -0.413. The lowest BCUT2D eigenvalue weighted by Gasteiger charge is -2.15. The SMILES string of the molecule is COc1ccc(-c2ccncc2)cc1C(N)c1cc2ccccc2o1.Cl. The zero-order valence-electron chi connectivity index (χ0n) is 14.3. The van der Waals surface area contributed by atoms with E-state index in [0.717, 1.165) is 33.4 Å². The molecule has 0 amide bonds. The van der Waals surface area contributed by atoms with Crippen LogP contribution in [0.3, 0.4) is 0 Å². The summed E-state index contributed by atoms with van der Waals surface area (Å²) < 4.78 is 11.5. The molecule has 2 aromatic carbocycles. The molecule has 0 saturated carbocycles. The minimum Gasteiger partial charge on any atom is -0.496 e. The number of hydrogen-bond acceptors (Lipinski definition) is 4. The van der Waals surface area contributed by atoms with Crippen molar-refractivity contribution in [3.05, 3.63) is 84.4 Å². The van der Waals surface area contributed by atoms with Gasteiger partial charge < -0.3 is 14.9 Å². The van der Waals surface area contributed by atoms with E-state index in [2.05, 4.69) is 4.98 Å². The third kappa shape index (κ3) is 3.29. The molecule has 4 nitrogen and oxygen atoms in total. The van der Waals surface area contributed by atoms with Gasteiger partial charge in [-0.1, -0.05) is 24.3 Å². The van der Waals surface area contributed by atoms with E-state index in [1.807, 2.05) is 60.7 Å². The van der Waals surface area contributed by atoms with Gasteiger partial charge in [-0.05, 0) is 47.5 Å². The second-order valence-corrected chi connectivity index (χ2v) is 5.86. The maximum Gasteiger partial charge on any atom is 0.134 e. The topological polar surface area (TPSA) is 61.3 Å². The van der Waals surface area contributed by atoms with Crippen molar-refractivity contribution in [3.8, 4) is 16.9 Å². The Kier molecular flexibility index (Phi) is 5.26. The molecule has 0 radical (unpaired) electrons. The van der Waals surface area contributed by atoms with Crippen LogP contribution in [0, 0.1) is 0 Å². The molecule has 0 fully saturated rings. The number of benzene rings is 2. The average molecular weight is 367 g/mol. The Morgan fingerprint density at radius 3 is 2.46 bits per heavy atom. The first kappa shape index (κ1) is 18.0. The van der Waals surface area contributed by atoms with Crippen LogP contribution in [0.1, 0.15) is 17.4 Å². The van der Waals surface area contributed by atoms with E-state index in [0.29, 0.717) is 5.76 Å². The first-order valence-corrected chi connectivity index (χ1v) is 8.08. The average Bonchev–Trinajstić information content (AvgIpc) is 3.12. The number of methoxy groups -OCH3 is 1. The van der Waals surface area contributed by atoms with Crippen LogP contribution in [-0.4, -0.2) is 12.1 Å². The highest BCUT2D eigenvalue weighted by molar-refractivity contribution is 5.85. The molecule has 2 N–H and O–H groups in total.